The number of ketones is 3. The van der Waals surface area contributed by atoms with E-state index in [2.05, 4.69) is 13.8 Å². The third-order valence-electron chi connectivity index (χ3n) is 8.71. The van der Waals surface area contributed by atoms with Crippen LogP contribution in [0, 0.1) is 40.4 Å². The molecule has 25 heavy (non-hydrogen) atoms. The summed E-state index contributed by atoms with van der Waals surface area (Å²) in [7, 11) is 0. The van der Waals surface area contributed by atoms with Crippen LogP contribution in [-0.2, 0) is 14.4 Å². The van der Waals surface area contributed by atoms with E-state index < -0.39 is 6.61 Å². The van der Waals surface area contributed by atoms with E-state index in [4.69, 9.17) is 0 Å². The summed E-state index contributed by atoms with van der Waals surface area (Å²) < 4.78 is 0. The van der Waals surface area contributed by atoms with E-state index in [1.807, 2.05) is 0 Å². The summed E-state index contributed by atoms with van der Waals surface area (Å²) in [4.78, 5) is 37.5. The Labute approximate surface area is 149 Å². The molecule has 1 N–H and O–H groups in total. The van der Waals surface area contributed by atoms with Gasteiger partial charge in [0.2, 0.25) is 0 Å². The van der Waals surface area contributed by atoms with Gasteiger partial charge in [0.15, 0.2) is 5.78 Å². The lowest BCUT2D eigenvalue weighted by molar-refractivity contribution is -0.161. The monoisotopic (exact) mass is 346 g/mol. The number of rotatable bonds is 2. The first-order valence-corrected chi connectivity index (χ1v) is 9.99. The highest BCUT2D eigenvalue weighted by molar-refractivity contribution is 5.88. The van der Waals surface area contributed by atoms with Gasteiger partial charge in [0.05, 0.1) is 0 Å². The van der Waals surface area contributed by atoms with Gasteiger partial charge in [0, 0.05) is 31.1 Å². The van der Waals surface area contributed by atoms with Gasteiger partial charge in [-0.15, -0.1) is 0 Å². The highest BCUT2D eigenvalue weighted by Gasteiger charge is 2.63. The van der Waals surface area contributed by atoms with Crippen LogP contribution in [0.3, 0.4) is 0 Å². The van der Waals surface area contributed by atoms with Crippen molar-refractivity contribution in [2.75, 3.05) is 6.61 Å². The van der Waals surface area contributed by atoms with Crippen molar-refractivity contribution in [1.82, 2.24) is 0 Å². The second-order valence-corrected chi connectivity index (χ2v) is 9.67. The summed E-state index contributed by atoms with van der Waals surface area (Å²) in [5, 5.41) is 9.35. The smallest absolute Gasteiger partial charge is 0.161 e. The normalized spacial score (nSPS) is 49.3. The standard InChI is InChI=1S/C21H30O4/c1-20-8-7-13(23)9-12(20)3-4-14-15-5-6-16(18(25)11-22)21(15,2)10-17(24)19(14)20/h12,14-16,19,22H,3-11H2,1-2H3/t12-,14-,15-,16+,19+,20-,21-/m0/s1. The summed E-state index contributed by atoms with van der Waals surface area (Å²) in [6.07, 6.45) is 6.48. The SMILES string of the molecule is C[C@]12CCC(=O)C[C@@H]1CC[C@H]1[C@@H]3CC[C@H](C(=O)CO)[C@@]3(C)CC(=O)[C@@H]12. The summed E-state index contributed by atoms with van der Waals surface area (Å²) in [5.41, 5.74) is -0.305. The number of Topliss-reactive ketones (excluding diaryl/α,β-unsaturated/α-hetero) is 3. The van der Waals surface area contributed by atoms with Gasteiger partial charge in [-0.05, 0) is 60.7 Å². The number of fused-ring (bicyclic) bond motifs is 5. The van der Waals surface area contributed by atoms with E-state index >= 15 is 0 Å². The largest absolute Gasteiger partial charge is 0.389 e. The molecule has 4 aliphatic rings. The van der Waals surface area contributed by atoms with Crippen molar-refractivity contribution in [3.8, 4) is 0 Å². The zero-order valence-corrected chi connectivity index (χ0v) is 15.4. The minimum atomic E-state index is -0.406. The Morgan fingerprint density at radius 2 is 1.88 bits per heavy atom. The van der Waals surface area contributed by atoms with Crippen molar-refractivity contribution < 1.29 is 19.5 Å². The number of aliphatic hydroxyl groups is 1. The molecule has 0 aromatic carbocycles. The van der Waals surface area contributed by atoms with Crippen molar-refractivity contribution in [1.29, 1.82) is 0 Å². The zero-order valence-electron chi connectivity index (χ0n) is 15.4. The van der Waals surface area contributed by atoms with Crippen LogP contribution < -0.4 is 0 Å². The average molecular weight is 346 g/mol. The average Bonchev–Trinajstić information content (AvgIpc) is 2.91. The quantitative estimate of drug-likeness (QED) is 0.834. The minimum Gasteiger partial charge on any atom is -0.389 e. The van der Waals surface area contributed by atoms with E-state index in [-0.39, 0.29) is 28.4 Å². The van der Waals surface area contributed by atoms with Crippen LogP contribution in [0.2, 0.25) is 0 Å². The molecule has 0 amide bonds. The van der Waals surface area contributed by atoms with Crippen molar-refractivity contribution in [3.63, 3.8) is 0 Å². The zero-order chi connectivity index (χ0) is 18.0. The maximum absolute atomic E-state index is 13.3. The van der Waals surface area contributed by atoms with Gasteiger partial charge >= 0.3 is 0 Å². The number of carbonyl (C=O) groups excluding carboxylic acids is 3. The molecule has 0 radical (unpaired) electrons. The fraction of sp³-hybridized carbons (Fsp3) is 0.857. The predicted octanol–water partition coefficient (Wildman–Crippen LogP) is 2.95. The predicted molar refractivity (Wildman–Crippen MR) is 92.7 cm³/mol. The Bertz CT molecular complexity index is 625. The molecule has 0 saturated heterocycles. The molecule has 4 rings (SSSR count). The van der Waals surface area contributed by atoms with Gasteiger partial charge in [-0.2, -0.15) is 0 Å². The summed E-state index contributed by atoms with van der Waals surface area (Å²) in [6, 6.07) is 0. The molecule has 4 nitrogen and oxygen atoms in total. The molecule has 7 atom stereocenters. The first-order chi connectivity index (χ1) is 11.8. The van der Waals surface area contributed by atoms with E-state index in [1.54, 1.807) is 0 Å². The maximum atomic E-state index is 13.3. The Balaban J connectivity index is 1.67. The molecule has 4 saturated carbocycles. The van der Waals surface area contributed by atoms with Gasteiger partial charge in [0.25, 0.3) is 0 Å². The number of hydrogen-bond acceptors (Lipinski definition) is 4. The fourth-order valence-corrected chi connectivity index (χ4v) is 7.50. The summed E-state index contributed by atoms with van der Waals surface area (Å²) >= 11 is 0. The molecule has 4 aliphatic carbocycles. The van der Waals surface area contributed by atoms with E-state index in [9.17, 15) is 19.5 Å². The lowest BCUT2D eigenvalue weighted by Gasteiger charge is -2.59. The van der Waals surface area contributed by atoms with E-state index in [1.165, 1.54) is 0 Å². The molecule has 0 spiro atoms. The fourth-order valence-electron chi connectivity index (χ4n) is 7.50. The number of hydrogen-bond donors (Lipinski definition) is 1. The molecule has 0 aromatic rings. The Kier molecular flexibility index (Phi) is 3.99. The number of aliphatic hydroxyl groups excluding tert-OH is 1. The topological polar surface area (TPSA) is 71.4 Å². The highest BCUT2D eigenvalue weighted by atomic mass is 16.3. The third kappa shape index (κ3) is 2.32. The van der Waals surface area contributed by atoms with Crippen LogP contribution in [0.1, 0.15) is 65.2 Å². The molecule has 0 unspecified atom stereocenters. The third-order valence-corrected chi connectivity index (χ3v) is 8.71. The maximum Gasteiger partial charge on any atom is 0.161 e. The van der Waals surface area contributed by atoms with Gasteiger partial charge in [-0.25, -0.2) is 0 Å². The van der Waals surface area contributed by atoms with Crippen molar-refractivity contribution in [2.24, 2.45) is 40.4 Å². The van der Waals surface area contributed by atoms with Crippen LogP contribution in [0.25, 0.3) is 0 Å². The van der Waals surface area contributed by atoms with Crippen molar-refractivity contribution >= 4 is 17.3 Å². The van der Waals surface area contributed by atoms with Crippen LogP contribution in [0.15, 0.2) is 0 Å². The second kappa shape index (κ2) is 5.73. The van der Waals surface area contributed by atoms with Crippen LogP contribution in [-0.4, -0.2) is 29.1 Å². The Morgan fingerprint density at radius 1 is 1.12 bits per heavy atom. The molecule has 0 heterocycles. The first-order valence-electron chi connectivity index (χ1n) is 9.99. The van der Waals surface area contributed by atoms with E-state index in [0.29, 0.717) is 48.6 Å². The molecule has 0 bridgehead atoms. The Morgan fingerprint density at radius 3 is 2.60 bits per heavy atom. The number of carbonyl (C=O) groups is 3. The molecule has 4 fully saturated rings. The molecule has 0 aromatic heterocycles. The van der Waals surface area contributed by atoms with Crippen LogP contribution in [0.5, 0.6) is 0 Å². The molecular formula is C21H30O4. The molecule has 138 valence electrons. The second-order valence-electron chi connectivity index (χ2n) is 9.67. The minimum absolute atomic E-state index is 0.0334. The van der Waals surface area contributed by atoms with Gasteiger partial charge in [-0.3, -0.25) is 14.4 Å². The first kappa shape index (κ1) is 17.4. The summed E-state index contributed by atoms with van der Waals surface area (Å²) in [5.74, 6) is 1.64. The molecule has 0 aliphatic heterocycles. The highest BCUT2D eigenvalue weighted by Crippen LogP contribution is 2.66. The van der Waals surface area contributed by atoms with Gasteiger partial charge < -0.3 is 5.11 Å². The van der Waals surface area contributed by atoms with Crippen LogP contribution >= 0.6 is 0 Å². The van der Waals surface area contributed by atoms with Crippen LogP contribution in [0.4, 0.5) is 0 Å². The summed E-state index contributed by atoms with van der Waals surface area (Å²) in [6.45, 7) is 3.97. The molecule has 4 heteroatoms. The lowest BCUT2D eigenvalue weighted by atomic mass is 9.44. The van der Waals surface area contributed by atoms with Gasteiger partial charge in [0.1, 0.15) is 18.2 Å². The van der Waals surface area contributed by atoms with Crippen molar-refractivity contribution in [2.45, 2.75) is 65.2 Å². The Hall–Kier alpha value is -1.03. The lowest BCUT2D eigenvalue weighted by Crippen LogP contribution is -2.57. The molecular weight excluding hydrogens is 316 g/mol. The van der Waals surface area contributed by atoms with Crippen molar-refractivity contribution in [3.05, 3.63) is 0 Å². The van der Waals surface area contributed by atoms with Gasteiger partial charge in [-0.1, -0.05) is 13.8 Å². The van der Waals surface area contributed by atoms with E-state index in [0.717, 1.165) is 32.1 Å².